The Morgan fingerprint density at radius 3 is 2.08 bits per heavy atom. The molecular weight excluding hydrogens is 326 g/mol. The van der Waals surface area contributed by atoms with Gasteiger partial charge < -0.3 is 18.6 Å². The van der Waals surface area contributed by atoms with Gasteiger partial charge in [-0.15, -0.1) is 0 Å². The van der Waals surface area contributed by atoms with Crippen LogP contribution in [0, 0.1) is 0 Å². The van der Waals surface area contributed by atoms with Gasteiger partial charge in [-0.2, -0.15) is 0 Å². The van der Waals surface area contributed by atoms with Crippen LogP contribution >= 0.6 is 0 Å². The van der Waals surface area contributed by atoms with E-state index in [1.807, 2.05) is 39.8 Å². The van der Waals surface area contributed by atoms with Crippen molar-refractivity contribution >= 4 is 14.2 Å². The van der Waals surface area contributed by atoms with Crippen LogP contribution in [0.1, 0.15) is 55.4 Å². The molecule has 2 unspecified atom stereocenters. The van der Waals surface area contributed by atoms with E-state index in [-0.39, 0.29) is 42.7 Å². The molecule has 4 nitrogen and oxygen atoms in total. The topological polar surface area (TPSA) is 36.9 Å². The summed E-state index contributed by atoms with van der Waals surface area (Å²) in [6.45, 7) is 17.0. The molecule has 26 heavy (non-hydrogen) atoms. The maximum absolute atomic E-state index is 6.21. The highest BCUT2D eigenvalue weighted by molar-refractivity contribution is 6.49. The molecule has 0 radical (unpaired) electrons. The largest absolute Gasteiger partial charge is 0.469 e. The molecule has 2 aliphatic rings. The van der Waals surface area contributed by atoms with Crippen molar-refractivity contribution in [2.75, 3.05) is 6.61 Å². The Morgan fingerprint density at radius 2 is 1.54 bits per heavy atom. The van der Waals surface area contributed by atoms with E-state index in [1.165, 1.54) is 0 Å². The Labute approximate surface area is 160 Å². The highest BCUT2D eigenvalue weighted by Gasteiger charge is 2.52. The van der Waals surface area contributed by atoms with Gasteiger partial charge in [0.2, 0.25) is 0 Å². The summed E-state index contributed by atoms with van der Waals surface area (Å²) in [5.74, 6) is 0.0736. The second-order valence-corrected chi connectivity index (χ2v) is 8.99. The zero-order valence-electron chi connectivity index (χ0n) is 17.6. The SMILES string of the molecule is CCOB(OC(C)(C)C)C1/C=C\C=C/C(B2OC(C)(C)C(C)(C)O2)/C=C\1. The molecule has 2 atom stereocenters. The van der Waals surface area contributed by atoms with Crippen LogP contribution in [-0.2, 0) is 18.6 Å². The van der Waals surface area contributed by atoms with Crippen LogP contribution in [0.2, 0.25) is 11.6 Å². The zero-order valence-corrected chi connectivity index (χ0v) is 17.6. The van der Waals surface area contributed by atoms with Crippen LogP contribution in [0.4, 0.5) is 0 Å². The first-order valence-corrected chi connectivity index (χ1v) is 9.63. The van der Waals surface area contributed by atoms with Crippen molar-refractivity contribution in [3.05, 3.63) is 36.5 Å². The molecule has 2 rings (SSSR count). The van der Waals surface area contributed by atoms with Crippen LogP contribution in [0.5, 0.6) is 0 Å². The molecule has 0 spiro atoms. The third kappa shape index (κ3) is 5.35. The average molecular weight is 360 g/mol. The lowest BCUT2D eigenvalue weighted by Crippen LogP contribution is -2.41. The molecular formula is C20H34B2O4. The molecule has 1 fully saturated rings. The van der Waals surface area contributed by atoms with Crippen molar-refractivity contribution in [2.45, 2.75) is 83.8 Å². The van der Waals surface area contributed by atoms with E-state index in [1.54, 1.807) is 0 Å². The van der Waals surface area contributed by atoms with Gasteiger partial charge in [0.05, 0.1) is 11.2 Å². The standard InChI is InChI=1S/C20H34B2O4/c1-9-23-21(24-18(2,3)4)16-12-10-11-13-17(15-14-16)22-25-19(5,6)20(7,8)26-22/h10-17H,9H2,1-8H3/b12-10-,13-11-,15-14-. The van der Waals surface area contributed by atoms with Crippen molar-refractivity contribution in [3.63, 3.8) is 0 Å². The fourth-order valence-corrected chi connectivity index (χ4v) is 2.91. The van der Waals surface area contributed by atoms with Gasteiger partial charge in [-0.3, -0.25) is 0 Å². The Kier molecular flexibility index (Phi) is 6.66. The molecule has 0 N–H and O–H groups in total. The van der Waals surface area contributed by atoms with Crippen molar-refractivity contribution in [1.82, 2.24) is 0 Å². The predicted molar refractivity (Wildman–Crippen MR) is 109 cm³/mol. The normalized spacial score (nSPS) is 31.2. The van der Waals surface area contributed by atoms with E-state index in [0.717, 1.165) is 0 Å². The summed E-state index contributed by atoms with van der Waals surface area (Å²) in [5.41, 5.74) is -0.939. The maximum atomic E-state index is 6.21. The first-order valence-electron chi connectivity index (χ1n) is 9.63. The van der Waals surface area contributed by atoms with E-state index in [0.29, 0.717) is 6.61 Å². The molecule has 1 heterocycles. The molecule has 0 amide bonds. The van der Waals surface area contributed by atoms with Crippen molar-refractivity contribution in [2.24, 2.45) is 0 Å². The van der Waals surface area contributed by atoms with Crippen LogP contribution in [0.3, 0.4) is 0 Å². The molecule has 6 heteroatoms. The number of allylic oxidation sites excluding steroid dienone is 6. The van der Waals surface area contributed by atoms with Crippen LogP contribution in [-0.4, -0.2) is 37.6 Å². The molecule has 1 saturated heterocycles. The summed E-state index contributed by atoms with van der Waals surface area (Å²) in [5, 5.41) is 0. The highest BCUT2D eigenvalue weighted by atomic mass is 16.7. The smallest absolute Gasteiger partial charge is 0.411 e. The van der Waals surface area contributed by atoms with Gasteiger partial charge in [0.1, 0.15) is 0 Å². The Hall–Kier alpha value is -0.810. The summed E-state index contributed by atoms with van der Waals surface area (Å²) in [7, 11) is -0.619. The number of hydrogen-bond acceptors (Lipinski definition) is 4. The average Bonchev–Trinajstić information content (AvgIpc) is 2.65. The lowest BCUT2D eigenvalue weighted by molar-refractivity contribution is 0.00578. The van der Waals surface area contributed by atoms with Crippen LogP contribution in [0.15, 0.2) is 36.5 Å². The van der Waals surface area contributed by atoms with Gasteiger partial charge >= 0.3 is 14.2 Å². The lowest BCUT2D eigenvalue weighted by atomic mass is 9.66. The van der Waals surface area contributed by atoms with Gasteiger partial charge in [-0.05, 0) is 55.4 Å². The van der Waals surface area contributed by atoms with Crippen LogP contribution < -0.4 is 0 Å². The quantitative estimate of drug-likeness (QED) is 0.519. The molecule has 1 aliphatic carbocycles. The third-order valence-corrected chi connectivity index (χ3v) is 5.03. The Bertz CT molecular complexity index is 525. The summed E-state index contributed by atoms with van der Waals surface area (Å²) in [6, 6.07) is 0. The molecule has 0 saturated carbocycles. The minimum absolute atomic E-state index is 0.0315. The Morgan fingerprint density at radius 1 is 0.962 bits per heavy atom. The molecule has 0 bridgehead atoms. The van der Waals surface area contributed by atoms with Gasteiger partial charge in [-0.25, -0.2) is 0 Å². The van der Waals surface area contributed by atoms with Gasteiger partial charge in [-0.1, -0.05) is 36.5 Å². The van der Waals surface area contributed by atoms with E-state index in [2.05, 4.69) is 52.0 Å². The lowest BCUT2D eigenvalue weighted by Gasteiger charge is -2.32. The van der Waals surface area contributed by atoms with E-state index >= 15 is 0 Å². The monoisotopic (exact) mass is 360 g/mol. The fourth-order valence-electron chi connectivity index (χ4n) is 2.91. The molecule has 144 valence electrons. The maximum Gasteiger partial charge on any atom is 0.469 e. The van der Waals surface area contributed by atoms with Crippen molar-refractivity contribution in [1.29, 1.82) is 0 Å². The minimum Gasteiger partial charge on any atom is -0.411 e. The zero-order chi connectivity index (χ0) is 19.6. The molecule has 0 aromatic rings. The number of rotatable bonds is 5. The first kappa shape index (κ1) is 21.5. The van der Waals surface area contributed by atoms with Crippen LogP contribution in [0.25, 0.3) is 0 Å². The summed E-state index contributed by atoms with van der Waals surface area (Å²) >= 11 is 0. The van der Waals surface area contributed by atoms with Crippen molar-refractivity contribution < 1.29 is 18.6 Å². The minimum atomic E-state index is -0.333. The summed E-state index contributed by atoms with van der Waals surface area (Å²) in [4.78, 5) is 0. The third-order valence-electron chi connectivity index (χ3n) is 5.03. The molecule has 0 aromatic carbocycles. The van der Waals surface area contributed by atoms with E-state index in [9.17, 15) is 0 Å². The van der Waals surface area contributed by atoms with E-state index < -0.39 is 0 Å². The second-order valence-electron chi connectivity index (χ2n) is 8.99. The first-order chi connectivity index (χ1) is 12.0. The van der Waals surface area contributed by atoms with Gasteiger partial charge in [0.25, 0.3) is 0 Å². The Balaban J connectivity index is 2.17. The summed E-state index contributed by atoms with van der Waals surface area (Å²) < 4.78 is 24.4. The number of hydrogen-bond donors (Lipinski definition) is 0. The van der Waals surface area contributed by atoms with Gasteiger partial charge in [0, 0.05) is 23.8 Å². The van der Waals surface area contributed by atoms with Crippen molar-refractivity contribution in [3.8, 4) is 0 Å². The molecule has 1 aliphatic heterocycles. The molecule has 0 aromatic heterocycles. The second kappa shape index (κ2) is 8.05. The summed E-state index contributed by atoms with van der Waals surface area (Å²) in [6.07, 6.45) is 12.6. The predicted octanol–water partition coefficient (Wildman–Crippen LogP) is 4.84. The highest BCUT2D eigenvalue weighted by Crippen LogP contribution is 2.41. The fraction of sp³-hybridized carbons (Fsp3) is 0.700. The van der Waals surface area contributed by atoms with E-state index in [4.69, 9.17) is 18.6 Å². The van der Waals surface area contributed by atoms with Gasteiger partial charge in [0.15, 0.2) is 0 Å².